The Hall–Kier alpha value is -3.10. The van der Waals surface area contributed by atoms with Gasteiger partial charge in [-0.3, -0.25) is 14.7 Å². The van der Waals surface area contributed by atoms with Crippen molar-refractivity contribution < 1.29 is 9.53 Å². The fourth-order valence-corrected chi connectivity index (χ4v) is 3.73. The first-order valence-corrected chi connectivity index (χ1v) is 10.1. The number of aliphatic imine (C=N–C) groups is 1. The van der Waals surface area contributed by atoms with E-state index in [0.717, 1.165) is 25.2 Å². The molecule has 3 aromatic rings. The van der Waals surface area contributed by atoms with Crippen LogP contribution in [0.25, 0.3) is 10.9 Å². The lowest BCUT2D eigenvalue weighted by molar-refractivity contribution is 0.0998. The van der Waals surface area contributed by atoms with Gasteiger partial charge in [0.05, 0.1) is 16.7 Å². The second kappa shape index (κ2) is 8.73. The number of ether oxygens (including phenoxy) is 1. The molecule has 4 N–H and O–H groups in total. The number of nitrogens with one attached hydrogen (secondary N) is 2. The number of nitrogens with zero attached hydrogens (tertiary/aromatic N) is 3. The lowest BCUT2D eigenvalue weighted by Gasteiger charge is -2.15. The summed E-state index contributed by atoms with van der Waals surface area (Å²) in [6.07, 6.45) is 6.01. The van der Waals surface area contributed by atoms with Crippen molar-refractivity contribution in [2.75, 3.05) is 20.1 Å². The number of nitrogens with two attached hydrogens (primary N) is 1. The molecule has 156 valence electrons. The largest absolute Gasteiger partial charge is 0.454 e. The van der Waals surface area contributed by atoms with E-state index in [9.17, 15) is 4.79 Å². The molecule has 0 bridgehead atoms. The van der Waals surface area contributed by atoms with Crippen molar-refractivity contribution in [3.8, 4) is 11.5 Å². The summed E-state index contributed by atoms with van der Waals surface area (Å²) in [6.45, 7) is 3.08. The maximum Gasteiger partial charge on any atom is 0.296 e. The van der Waals surface area contributed by atoms with Crippen LogP contribution in [0, 0.1) is 0 Å². The zero-order valence-corrected chi connectivity index (χ0v) is 17.4. The molecular formula is C21H23ClN6O2. The van der Waals surface area contributed by atoms with E-state index >= 15 is 0 Å². The third-order valence-corrected chi connectivity index (χ3v) is 5.34. The summed E-state index contributed by atoms with van der Waals surface area (Å²) in [5.41, 5.74) is 7.55. The molecule has 0 saturated carbocycles. The zero-order chi connectivity index (χ0) is 21.1. The Kier molecular flexibility index (Phi) is 5.87. The molecule has 9 heteroatoms. The van der Waals surface area contributed by atoms with E-state index in [1.54, 1.807) is 31.4 Å². The first-order chi connectivity index (χ1) is 14.5. The fraction of sp³-hybridized carbons (Fsp3) is 0.286. The molecule has 0 aliphatic carbocycles. The molecular weight excluding hydrogens is 404 g/mol. The van der Waals surface area contributed by atoms with E-state index in [1.165, 1.54) is 12.8 Å². The predicted molar refractivity (Wildman–Crippen MR) is 117 cm³/mol. The van der Waals surface area contributed by atoms with Crippen LogP contribution in [0.4, 0.5) is 0 Å². The maximum atomic E-state index is 12.3. The smallest absolute Gasteiger partial charge is 0.296 e. The maximum absolute atomic E-state index is 12.3. The Labute approximate surface area is 179 Å². The summed E-state index contributed by atoms with van der Waals surface area (Å²) in [5, 5.41) is 3.78. The van der Waals surface area contributed by atoms with Crippen LogP contribution in [0.3, 0.4) is 0 Å². The quantitative estimate of drug-likeness (QED) is 0.426. The molecule has 8 nitrogen and oxygen atoms in total. The van der Waals surface area contributed by atoms with Crippen molar-refractivity contribution in [1.29, 1.82) is 0 Å². The summed E-state index contributed by atoms with van der Waals surface area (Å²) in [7, 11) is 1.59. The lowest BCUT2D eigenvalue weighted by atomic mass is 10.2. The number of carbonyl (C=O) groups excluding carboxylic acids is 1. The third-order valence-electron chi connectivity index (χ3n) is 5.01. The molecule has 1 fully saturated rings. The monoisotopic (exact) mass is 426 g/mol. The Morgan fingerprint density at radius 1 is 1.33 bits per heavy atom. The Bertz CT molecular complexity index is 1100. The van der Waals surface area contributed by atoms with Gasteiger partial charge >= 0.3 is 0 Å². The van der Waals surface area contributed by atoms with Crippen molar-refractivity contribution in [3.63, 3.8) is 0 Å². The molecule has 0 atom stereocenters. The average molecular weight is 427 g/mol. The number of hydrogen-bond acceptors (Lipinski definition) is 4. The number of hydrogen-bond donors (Lipinski definition) is 3. The second-order valence-electron chi connectivity index (χ2n) is 7.18. The van der Waals surface area contributed by atoms with Gasteiger partial charge in [-0.1, -0.05) is 11.6 Å². The van der Waals surface area contributed by atoms with Crippen molar-refractivity contribution in [1.82, 2.24) is 20.2 Å². The van der Waals surface area contributed by atoms with E-state index in [0.29, 0.717) is 27.4 Å². The van der Waals surface area contributed by atoms with Crippen LogP contribution in [-0.4, -0.2) is 46.9 Å². The highest BCUT2D eigenvalue weighted by atomic mass is 35.5. The number of benzene rings is 1. The SMILES string of the molecule is CNC(N)=NC(=O)c1cc2c(Cl)ccc(Oc3cncc(CN4CCCC4)c3)c2[nH]1. The van der Waals surface area contributed by atoms with Gasteiger partial charge in [-0.2, -0.15) is 4.99 Å². The highest BCUT2D eigenvalue weighted by Gasteiger charge is 2.16. The Balaban J connectivity index is 1.61. The molecule has 0 spiro atoms. The highest BCUT2D eigenvalue weighted by Crippen LogP contribution is 2.34. The fourth-order valence-electron chi connectivity index (χ4n) is 3.52. The highest BCUT2D eigenvalue weighted by molar-refractivity contribution is 6.35. The minimum atomic E-state index is -0.505. The van der Waals surface area contributed by atoms with Crippen LogP contribution in [0.15, 0.2) is 41.7 Å². The van der Waals surface area contributed by atoms with E-state index in [-0.39, 0.29) is 11.7 Å². The number of halogens is 1. The van der Waals surface area contributed by atoms with Gasteiger partial charge < -0.3 is 20.8 Å². The number of amides is 1. The lowest BCUT2D eigenvalue weighted by Crippen LogP contribution is -2.28. The van der Waals surface area contributed by atoms with Gasteiger partial charge in [0.15, 0.2) is 11.7 Å². The van der Waals surface area contributed by atoms with Gasteiger partial charge in [-0.05, 0) is 55.8 Å². The normalized spacial score (nSPS) is 14.9. The molecule has 4 rings (SSSR count). The predicted octanol–water partition coefficient (Wildman–Crippen LogP) is 3.28. The van der Waals surface area contributed by atoms with Crippen molar-refractivity contribution in [3.05, 3.63) is 52.9 Å². The third kappa shape index (κ3) is 4.39. The molecule has 1 aliphatic heterocycles. The summed E-state index contributed by atoms with van der Waals surface area (Å²) in [6, 6.07) is 7.11. The van der Waals surface area contributed by atoms with Crippen LogP contribution in [0.5, 0.6) is 11.5 Å². The van der Waals surface area contributed by atoms with Crippen LogP contribution in [-0.2, 0) is 6.54 Å². The average Bonchev–Trinajstić information content (AvgIpc) is 3.41. The summed E-state index contributed by atoms with van der Waals surface area (Å²) in [5.74, 6) is 0.686. The molecule has 2 aromatic heterocycles. The number of guanidine groups is 1. The minimum Gasteiger partial charge on any atom is -0.454 e. The second-order valence-corrected chi connectivity index (χ2v) is 7.59. The van der Waals surface area contributed by atoms with Crippen LogP contribution in [0.2, 0.25) is 5.02 Å². The number of likely N-dealkylation sites (tertiary alicyclic amines) is 1. The molecule has 3 heterocycles. The number of H-pyrrole nitrogens is 1. The van der Waals surface area contributed by atoms with Gasteiger partial charge in [-0.15, -0.1) is 0 Å². The van der Waals surface area contributed by atoms with Gasteiger partial charge in [0.25, 0.3) is 5.91 Å². The molecule has 30 heavy (non-hydrogen) atoms. The molecule has 1 saturated heterocycles. The molecule has 1 amide bonds. The van der Waals surface area contributed by atoms with Gasteiger partial charge in [-0.25, -0.2) is 0 Å². The number of carbonyl (C=O) groups is 1. The Morgan fingerprint density at radius 2 is 2.13 bits per heavy atom. The summed E-state index contributed by atoms with van der Waals surface area (Å²) < 4.78 is 6.09. The first-order valence-electron chi connectivity index (χ1n) is 9.75. The molecule has 0 unspecified atom stereocenters. The van der Waals surface area contributed by atoms with Gasteiger partial charge in [0.1, 0.15) is 11.4 Å². The number of pyridine rings is 1. The van der Waals surface area contributed by atoms with Gasteiger partial charge in [0, 0.05) is 25.2 Å². The number of fused-ring (bicyclic) bond motifs is 1. The van der Waals surface area contributed by atoms with Crippen LogP contribution < -0.4 is 15.8 Å². The topological polar surface area (TPSA) is 109 Å². The van der Waals surface area contributed by atoms with Crippen LogP contribution in [0.1, 0.15) is 28.9 Å². The standard InChI is InChI=1S/C21H23ClN6O2/c1-24-21(23)27-20(29)17-9-15-16(22)4-5-18(19(15)26-17)30-14-8-13(10-25-11-14)12-28-6-2-3-7-28/h4-5,8-11,26H,2-3,6-7,12H2,1H3,(H3,23,24,27,29). The van der Waals surface area contributed by atoms with Crippen molar-refractivity contribution in [2.45, 2.75) is 19.4 Å². The minimum absolute atomic E-state index is 0.0297. The molecule has 1 aliphatic rings. The molecule has 0 radical (unpaired) electrons. The molecule has 1 aromatic carbocycles. The number of aromatic amines is 1. The summed E-state index contributed by atoms with van der Waals surface area (Å²) >= 11 is 6.33. The van der Waals surface area contributed by atoms with Crippen molar-refractivity contribution >= 4 is 34.4 Å². The first kappa shape index (κ1) is 20.2. The summed E-state index contributed by atoms with van der Waals surface area (Å²) in [4.78, 5) is 25.9. The van der Waals surface area contributed by atoms with E-state index in [1.807, 2.05) is 12.3 Å². The van der Waals surface area contributed by atoms with Gasteiger partial charge in [0.2, 0.25) is 0 Å². The zero-order valence-electron chi connectivity index (χ0n) is 16.6. The van der Waals surface area contributed by atoms with E-state index in [2.05, 4.69) is 25.2 Å². The van der Waals surface area contributed by atoms with E-state index < -0.39 is 5.91 Å². The Morgan fingerprint density at radius 3 is 2.90 bits per heavy atom. The number of rotatable bonds is 5. The van der Waals surface area contributed by atoms with Crippen molar-refractivity contribution in [2.24, 2.45) is 10.7 Å². The van der Waals surface area contributed by atoms with E-state index in [4.69, 9.17) is 22.1 Å². The number of aromatic nitrogens is 2. The van der Waals surface area contributed by atoms with Crippen LogP contribution >= 0.6 is 11.6 Å².